The summed E-state index contributed by atoms with van der Waals surface area (Å²) in [5.74, 6) is -1.41. The summed E-state index contributed by atoms with van der Waals surface area (Å²) in [6.45, 7) is 1.70. The molecule has 1 aromatic carbocycles. The van der Waals surface area contributed by atoms with Crippen LogP contribution in [-0.2, 0) is 4.74 Å². The average molecular weight is 183 g/mol. The summed E-state index contributed by atoms with van der Waals surface area (Å²) in [5.41, 5.74) is 6.11. The predicted molar refractivity (Wildman–Crippen MR) is 46.9 cm³/mol. The van der Waals surface area contributed by atoms with Gasteiger partial charge in [-0.2, -0.15) is 0 Å². The zero-order valence-corrected chi connectivity index (χ0v) is 7.43. The summed E-state index contributed by atoms with van der Waals surface area (Å²) in [4.78, 5) is 11.1. The van der Waals surface area contributed by atoms with Crippen molar-refractivity contribution >= 4 is 11.7 Å². The fraction of sp³-hybridized carbons (Fsp3) is 0.222. The molecule has 0 bridgehead atoms. The summed E-state index contributed by atoms with van der Waals surface area (Å²) in [6, 6.07) is 2.70. The molecule has 1 rings (SSSR count). The van der Waals surface area contributed by atoms with Crippen LogP contribution in [0, 0.1) is 12.7 Å². The topological polar surface area (TPSA) is 52.3 Å². The van der Waals surface area contributed by atoms with Gasteiger partial charge in [-0.25, -0.2) is 9.18 Å². The van der Waals surface area contributed by atoms with Gasteiger partial charge in [0.15, 0.2) is 0 Å². The molecule has 0 spiro atoms. The Hall–Kier alpha value is -1.58. The Balaban J connectivity index is 3.33. The number of anilines is 1. The number of carbonyl (C=O) groups is 1. The molecular formula is C9H10FNO2. The van der Waals surface area contributed by atoms with Gasteiger partial charge in [0.1, 0.15) is 11.4 Å². The van der Waals surface area contributed by atoms with Crippen LogP contribution in [0.15, 0.2) is 12.1 Å². The summed E-state index contributed by atoms with van der Waals surface area (Å²) in [5, 5.41) is 0. The minimum absolute atomic E-state index is 0.131. The molecule has 0 aromatic heterocycles. The third kappa shape index (κ3) is 1.61. The number of methoxy groups -OCH3 is 1. The van der Waals surface area contributed by atoms with Crippen molar-refractivity contribution in [3.8, 4) is 0 Å². The molecule has 0 amide bonds. The van der Waals surface area contributed by atoms with Gasteiger partial charge in [0, 0.05) is 0 Å². The summed E-state index contributed by atoms with van der Waals surface area (Å²) in [6.07, 6.45) is 0. The Morgan fingerprint density at radius 2 is 2.15 bits per heavy atom. The second-order valence-corrected chi connectivity index (χ2v) is 2.64. The Bertz CT molecular complexity index is 350. The lowest BCUT2D eigenvalue weighted by Crippen LogP contribution is -2.09. The van der Waals surface area contributed by atoms with Crippen molar-refractivity contribution in [1.82, 2.24) is 0 Å². The van der Waals surface area contributed by atoms with Gasteiger partial charge in [-0.15, -0.1) is 0 Å². The number of nitrogens with two attached hydrogens (primary N) is 1. The zero-order valence-electron chi connectivity index (χ0n) is 7.43. The highest BCUT2D eigenvalue weighted by atomic mass is 19.1. The molecule has 0 fully saturated rings. The van der Waals surface area contributed by atoms with Gasteiger partial charge in [0.25, 0.3) is 0 Å². The van der Waals surface area contributed by atoms with Crippen LogP contribution in [0.3, 0.4) is 0 Å². The van der Waals surface area contributed by atoms with E-state index >= 15 is 0 Å². The van der Waals surface area contributed by atoms with E-state index in [4.69, 9.17) is 5.73 Å². The maximum atomic E-state index is 13.1. The van der Waals surface area contributed by atoms with E-state index < -0.39 is 11.8 Å². The van der Waals surface area contributed by atoms with Crippen LogP contribution in [0.2, 0.25) is 0 Å². The first kappa shape index (κ1) is 9.51. The third-order valence-corrected chi connectivity index (χ3v) is 1.80. The standard InChI is InChI=1S/C9H10FNO2/c1-5-3-4-6(10)7(8(5)11)9(12)13-2/h3-4H,11H2,1-2H3. The number of ether oxygens (including phenoxy) is 1. The molecule has 0 unspecified atom stereocenters. The van der Waals surface area contributed by atoms with Crippen LogP contribution < -0.4 is 5.73 Å². The Labute approximate surface area is 75.3 Å². The van der Waals surface area contributed by atoms with E-state index in [0.29, 0.717) is 5.56 Å². The number of carbonyl (C=O) groups excluding carboxylic acids is 1. The van der Waals surface area contributed by atoms with E-state index in [1.165, 1.54) is 19.2 Å². The number of halogens is 1. The number of aryl methyl sites for hydroxylation is 1. The molecule has 0 heterocycles. The molecule has 3 nitrogen and oxygen atoms in total. The second kappa shape index (κ2) is 3.43. The van der Waals surface area contributed by atoms with E-state index in [2.05, 4.69) is 4.74 Å². The smallest absolute Gasteiger partial charge is 0.342 e. The van der Waals surface area contributed by atoms with Crippen molar-refractivity contribution in [3.63, 3.8) is 0 Å². The van der Waals surface area contributed by atoms with Gasteiger partial charge in [-0.05, 0) is 18.6 Å². The van der Waals surface area contributed by atoms with Crippen molar-refractivity contribution < 1.29 is 13.9 Å². The summed E-state index contributed by atoms with van der Waals surface area (Å²) in [7, 11) is 1.18. The molecule has 0 atom stereocenters. The highest BCUT2D eigenvalue weighted by Gasteiger charge is 2.16. The van der Waals surface area contributed by atoms with E-state index in [1.54, 1.807) is 6.92 Å². The Morgan fingerprint density at radius 1 is 1.54 bits per heavy atom. The SMILES string of the molecule is COC(=O)c1c(F)ccc(C)c1N. The van der Waals surface area contributed by atoms with Crippen molar-refractivity contribution in [2.75, 3.05) is 12.8 Å². The molecule has 0 radical (unpaired) electrons. The van der Waals surface area contributed by atoms with Crippen LogP contribution >= 0.6 is 0 Å². The number of esters is 1. The molecule has 0 aliphatic rings. The number of nitrogen functional groups attached to an aromatic ring is 1. The van der Waals surface area contributed by atoms with E-state index in [0.717, 1.165) is 0 Å². The first-order valence-electron chi connectivity index (χ1n) is 3.70. The molecule has 0 aliphatic heterocycles. The van der Waals surface area contributed by atoms with Crippen molar-refractivity contribution in [2.45, 2.75) is 6.92 Å². The molecule has 2 N–H and O–H groups in total. The molecule has 4 heteroatoms. The fourth-order valence-corrected chi connectivity index (χ4v) is 1.01. The monoisotopic (exact) mass is 183 g/mol. The van der Waals surface area contributed by atoms with Crippen molar-refractivity contribution in [3.05, 3.63) is 29.1 Å². The normalized spacial score (nSPS) is 9.77. The minimum Gasteiger partial charge on any atom is -0.465 e. The maximum Gasteiger partial charge on any atom is 0.342 e. The van der Waals surface area contributed by atoms with Crippen LogP contribution in [0.4, 0.5) is 10.1 Å². The predicted octanol–water partition coefficient (Wildman–Crippen LogP) is 1.50. The average Bonchev–Trinajstić information content (AvgIpc) is 2.12. The zero-order chi connectivity index (χ0) is 10.0. The van der Waals surface area contributed by atoms with Crippen molar-refractivity contribution in [1.29, 1.82) is 0 Å². The molecule has 1 aromatic rings. The Kier molecular flexibility index (Phi) is 2.51. The second-order valence-electron chi connectivity index (χ2n) is 2.64. The van der Waals surface area contributed by atoms with E-state index in [9.17, 15) is 9.18 Å². The van der Waals surface area contributed by atoms with Gasteiger partial charge < -0.3 is 10.5 Å². The third-order valence-electron chi connectivity index (χ3n) is 1.80. The summed E-state index contributed by atoms with van der Waals surface area (Å²) < 4.78 is 17.5. The number of hydrogen-bond donors (Lipinski definition) is 1. The first-order valence-corrected chi connectivity index (χ1v) is 3.70. The highest BCUT2D eigenvalue weighted by Crippen LogP contribution is 2.20. The van der Waals surface area contributed by atoms with Gasteiger partial charge in [0.2, 0.25) is 0 Å². The molecule has 13 heavy (non-hydrogen) atoms. The lowest BCUT2D eigenvalue weighted by atomic mass is 10.1. The van der Waals surface area contributed by atoms with Gasteiger partial charge in [-0.1, -0.05) is 6.07 Å². The molecule has 70 valence electrons. The quantitative estimate of drug-likeness (QED) is 0.530. The van der Waals surface area contributed by atoms with Crippen LogP contribution in [0.25, 0.3) is 0 Å². The van der Waals surface area contributed by atoms with E-state index in [1.807, 2.05) is 0 Å². The van der Waals surface area contributed by atoms with Crippen LogP contribution in [0.1, 0.15) is 15.9 Å². The summed E-state index contributed by atoms with van der Waals surface area (Å²) >= 11 is 0. The highest BCUT2D eigenvalue weighted by molar-refractivity contribution is 5.96. The number of rotatable bonds is 1. The lowest BCUT2D eigenvalue weighted by molar-refractivity contribution is 0.0596. The molecule has 0 aliphatic carbocycles. The minimum atomic E-state index is -0.751. The number of benzene rings is 1. The molecule has 0 saturated carbocycles. The maximum absolute atomic E-state index is 13.1. The van der Waals surface area contributed by atoms with Gasteiger partial charge in [-0.3, -0.25) is 0 Å². The largest absolute Gasteiger partial charge is 0.465 e. The van der Waals surface area contributed by atoms with Crippen molar-refractivity contribution in [2.24, 2.45) is 0 Å². The lowest BCUT2D eigenvalue weighted by Gasteiger charge is -2.06. The fourth-order valence-electron chi connectivity index (χ4n) is 1.01. The number of hydrogen-bond acceptors (Lipinski definition) is 3. The molecule has 0 saturated heterocycles. The first-order chi connectivity index (χ1) is 6.07. The molecular weight excluding hydrogens is 173 g/mol. The van der Waals surface area contributed by atoms with Gasteiger partial charge >= 0.3 is 5.97 Å². The van der Waals surface area contributed by atoms with Crippen LogP contribution in [0.5, 0.6) is 0 Å². The van der Waals surface area contributed by atoms with E-state index in [-0.39, 0.29) is 11.3 Å². The van der Waals surface area contributed by atoms with Crippen LogP contribution in [-0.4, -0.2) is 13.1 Å². The Morgan fingerprint density at radius 3 is 2.69 bits per heavy atom. The van der Waals surface area contributed by atoms with Gasteiger partial charge in [0.05, 0.1) is 12.8 Å².